The van der Waals surface area contributed by atoms with Crippen LogP contribution in [-0.4, -0.2) is 34.5 Å². The highest BCUT2D eigenvalue weighted by Crippen LogP contribution is 2.68. The predicted octanol–water partition coefficient (Wildman–Crippen LogP) is 4.24. The molecule has 4 aliphatic rings. The smallest absolute Gasteiger partial charge is 0.331 e. The number of aliphatic hydroxyl groups is 2. The Morgan fingerprint density at radius 3 is 2.61 bits per heavy atom. The Morgan fingerprint density at radius 2 is 1.96 bits per heavy atom. The minimum Gasteiger partial charge on any atom is -0.458 e. The van der Waals surface area contributed by atoms with Crippen molar-refractivity contribution in [2.45, 2.75) is 90.8 Å². The zero-order chi connectivity index (χ0) is 20.3. The predicted molar refractivity (Wildman–Crippen MR) is 108 cm³/mol. The Balaban J connectivity index is 1.70. The van der Waals surface area contributed by atoms with Gasteiger partial charge in [-0.3, -0.25) is 0 Å². The van der Waals surface area contributed by atoms with E-state index in [0.29, 0.717) is 18.4 Å². The van der Waals surface area contributed by atoms with Gasteiger partial charge in [0.15, 0.2) is 0 Å². The SMILES string of the molecule is CCCC[C@]1(C)C2C[C@@H](O)[C@]3(C)[C@@H](C4=CC(=O)OC4)CC[C@]3(O)C2CC[C@@H]1C. The van der Waals surface area contributed by atoms with Crippen LogP contribution in [0.1, 0.15) is 79.1 Å². The molecular formula is C24H38O4. The molecule has 2 unspecified atom stereocenters. The van der Waals surface area contributed by atoms with Crippen LogP contribution in [-0.2, 0) is 9.53 Å². The third-order valence-corrected chi connectivity index (χ3v) is 9.82. The number of carbonyl (C=O) groups excluding carboxylic acids is 1. The maximum absolute atomic E-state index is 12.2. The monoisotopic (exact) mass is 390 g/mol. The summed E-state index contributed by atoms with van der Waals surface area (Å²) in [7, 11) is 0. The summed E-state index contributed by atoms with van der Waals surface area (Å²) >= 11 is 0. The van der Waals surface area contributed by atoms with Crippen LogP contribution in [0.3, 0.4) is 0 Å². The molecule has 0 aromatic carbocycles. The van der Waals surface area contributed by atoms with Gasteiger partial charge in [-0.25, -0.2) is 4.79 Å². The van der Waals surface area contributed by atoms with E-state index in [-0.39, 0.29) is 23.2 Å². The van der Waals surface area contributed by atoms with E-state index in [0.717, 1.165) is 37.7 Å². The molecule has 0 spiro atoms. The fraction of sp³-hybridized carbons (Fsp3) is 0.875. The topological polar surface area (TPSA) is 66.8 Å². The van der Waals surface area contributed by atoms with Crippen LogP contribution in [0.25, 0.3) is 0 Å². The van der Waals surface area contributed by atoms with Crippen molar-refractivity contribution >= 4 is 5.97 Å². The normalized spacial score (nSPS) is 50.7. The minimum absolute atomic E-state index is 0.0288. The lowest BCUT2D eigenvalue weighted by Crippen LogP contribution is -2.66. The average Bonchev–Trinajstić information content (AvgIpc) is 3.20. The quantitative estimate of drug-likeness (QED) is 0.705. The number of ether oxygens (including phenoxy) is 1. The molecule has 1 aliphatic heterocycles. The summed E-state index contributed by atoms with van der Waals surface area (Å²) in [6, 6.07) is 0. The lowest BCUT2D eigenvalue weighted by Gasteiger charge is -2.63. The van der Waals surface area contributed by atoms with Gasteiger partial charge in [0.1, 0.15) is 6.61 Å². The van der Waals surface area contributed by atoms with Gasteiger partial charge in [-0.1, -0.05) is 40.5 Å². The Kier molecular flexibility index (Phi) is 4.98. The number of carbonyl (C=O) groups is 1. The Bertz CT molecular complexity index is 672. The van der Waals surface area contributed by atoms with Gasteiger partial charge in [-0.2, -0.15) is 0 Å². The second-order valence-corrected chi connectivity index (χ2v) is 10.7. The van der Waals surface area contributed by atoms with Crippen LogP contribution in [0.5, 0.6) is 0 Å². The summed E-state index contributed by atoms with van der Waals surface area (Å²) in [5.74, 6) is 0.978. The molecule has 158 valence electrons. The Labute approximate surface area is 169 Å². The molecule has 8 atom stereocenters. The van der Waals surface area contributed by atoms with Gasteiger partial charge in [-0.15, -0.1) is 0 Å². The number of cyclic esters (lactones) is 1. The van der Waals surface area contributed by atoms with E-state index in [1.807, 2.05) is 0 Å². The van der Waals surface area contributed by atoms with Gasteiger partial charge in [0, 0.05) is 11.5 Å². The van der Waals surface area contributed by atoms with Crippen LogP contribution >= 0.6 is 0 Å². The highest BCUT2D eigenvalue weighted by atomic mass is 16.5. The van der Waals surface area contributed by atoms with Crippen molar-refractivity contribution in [3.8, 4) is 0 Å². The van der Waals surface area contributed by atoms with Gasteiger partial charge < -0.3 is 14.9 Å². The molecule has 1 heterocycles. The number of esters is 1. The summed E-state index contributed by atoms with van der Waals surface area (Å²) in [5, 5.41) is 23.6. The molecule has 3 fully saturated rings. The van der Waals surface area contributed by atoms with Crippen molar-refractivity contribution in [1.29, 1.82) is 0 Å². The second kappa shape index (κ2) is 6.84. The minimum atomic E-state index is -0.861. The molecule has 28 heavy (non-hydrogen) atoms. The van der Waals surface area contributed by atoms with Crippen molar-refractivity contribution in [2.75, 3.05) is 6.61 Å². The van der Waals surface area contributed by atoms with Gasteiger partial charge in [0.2, 0.25) is 0 Å². The molecular weight excluding hydrogens is 352 g/mol. The first-order chi connectivity index (χ1) is 13.2. The van der Waals surface area contributed by atoms with Crippen LogP contribution in [0, 0.1) is 34.5 Å². The summed E-state index contributed by atoms with van der Waals surface area (Å²) in [4.78, 5) is 11.7. The molecule has 0 amide bonds. The lowest BCUT2D eigenvalue weighted by molar-refractivity contribution is -0.238. The van der Waals surface area contributed by atoms with Gasteiger partial charge in [0.05, 0.1) is 11.7 Å². The van der Waals surface area contributed by atoms with Gasteiger partial charge in [-0.05, 0) is 73.2 Å². The van der Waals surface area contributed by atoms with Crippen LogP contribution in [0.2, 0.25) is 0 Å². The van der Waals surface area contributed by atoms with E-state index in [9.17, 15) is 15.0 Å². The maximum atomic E-state index is 12.2. The first kappa shape index (κ1) is 20.4. The summed E-state index contributed by atoms with van der Waals surface area (Å²) in [6.07, 6.45) is 9.17. The van der Waals surface area contributed by atoms with Crippen LogP contribution < -0.4 is 0 Å². The zero-order valence-electron chi connectivity index (χ0n) is 18.0. The maximum Gasteiger partial charge on any atom is 0.331 e. The molecule has 3 saturated carbocycles. The van der Waals surface area contributed by atoms with E-state index in [4.69, 9.17) is 4.74 Å². The fourth-order valence-corrected chi connectivity index (χ4v) is 7.77. The molecule has 0 aromatic heterocycles. The lowest BCUT2D eigenvalue weighted by atomic mass is 9.44. The van der Waals surface area contributed by atoms with Crippen molar-refractivity contribution in [2.24, 2.45) is 34.5 Å². The second-order valence-electron chi connectivity index (χ2n) is 10.7. The highest BCUT2D eigenvalue weighted by molar-refractivity contribution is 5.85. The summed E-state index contributed by atoms with van der Waals surface area (Å²) in [5.41, 5.74) is -0.306. The molecule has 4 heteroatoms. The van der Waals surface area contributed by atoms with Crippen molar-refractivity contribution in [1.82, 2.24) is 0 Å². The molecule has 4 nitrogen and oxygen atoms in total. The van der Waals surface area contributed by atoms with Gasteiger partial charge >= 0.3 is 5.97 Å². The van der Waals surface area contributed by atoms with E-state index in [2.05, 4.69) is 27.7 Å². The standard InChI is InChI=1S/C24H38O4/c1-5-6-10-22(3)15(2)7-8-18-19(22)13-20(25)23(4)17(9-11-24(18,23)27)16-12-21(26)28-14-16/h12,15,17-20,25,27H,5-11,13-14H2,1-4H3/t15-,17+,18?,19?,20+,22-,23-,24-/m0/s1. The third kappa shape index (κ3) is 2.59. The van der Waals surface area contributed by atoms with Crippen LogP contribution in [0.4, 0.5) is 0 Å². The van der Waals surface area contributed by atoms with E-state index < -0.39 is 17.1 Å². The number of unbranched alkanes of at least 4 members (excludes halogenated alkanes) is 1. The number of hydrogen-bond donors (Lipinski definition) is 2. The summed E-state index contributed by atoms with van der Waals surface area (Å²) < 4.78 is 5.17. The number of aliphatic hydroxyl groups excluding tert-OH is 1. The van der Waals surface area contributed by atoms with E-state index in [1.165, 1.54) is 19.3 Å². The number of rotatable bonds is 4. The summed E-state index contributed by atoms with van der Waals surface area (Å²) in [6.45, 7) is 9.44. The van der Waals surface area contributed by atoms with Crippen molar-refractivity contribution in [3.05, 3.63) is 11.6 Å². The Morgan fingerprint density at radius 1 is 1.21 bits per heavy atom. The third-order valence-electron chi connectivity index (χ3n) is 9.82. The molecule has 0 radical (unpaired) electrons. The van der Waals surface area contributed by atoms with Crippen molar-refractivity contribution < 1.29 is 19.7 Å². The fourth-order valence-electron chi connectivity index (χ4n) is 7.77. The molecule has 0 saturated heterocycles. The van der Waals surface area contributed by atoms with E-state index in [1.54, 1.807) is 6.08 Å². The first-order valence-corrected chi connectivity index (χ1v) is 11.5. The molecule has 2 N–H and O–H groups in total. The average molecular weight is 391 g/mol. The molecule has 4 rings (SSSR count). The Hall–Kier alpha value is -0.870. The van der Waals surface area contributed by atoms with E-state index >= 15 is 0 Å². The molecule has 0 bridgehead atoms. The molecule has 0 aromatic rings. The number of fused-ring (bicyclic) bond motifs is 3. The highest BCUT2D eigenvalue weighted by Gasteiger charge is 2.70. The largest absolute Gasteiger partial charge is 0.458 e. The van der Waals surface area contributed by atoms with Crippen LogP contribution in [0.15, 0.2) is 11.6 Å². The van der Waals surface area contributed by atoms with Crippen molar-refractivity contribution in [3.63, 3.8) is 0 Å². The van der Waals surface area contributed by atoms with Gasteiger partial charge in [0.25, 0.3) is 0 Å². The zero-order valence-corrected chi connectivity index (χ0v) is 18.0. The number of hydrogen-bond acceptors (Lipinski definition) is 4. The first-order valence-electron chi connectivity index (χ1n) is 11.5. The molecule has 3 aliphatic carbocycles.